The molecule has 2 heterocycles. The van der Waals surface area contributed by atoms with E-state index in [-0.39, 0.29) is 22.5 Å². The summed E-state index contributed by atoms with van der Waals surface area (Å²) in [5.41, 5.74) is 7.35. The van der Waals surface area contributed by atoms with Gasteiger partial charge in [-0.15, -0.1) is 0 Å². The second-order valence-corrected chi connectivity index (χ2v) is 15.0. The van der Waals surface area contributed by atoms with E-state index in [0.717, 1.165) is 73.1 Å². The van der Waals surface area contributed by atoms with E-state index in [2.05, 4.69) is 12.1 Å². The van der Waals surface area contributed by atoms with E-state index in [4.69, 9.17) is 0 Å². The van der Waals surface area contributed by atoms with Crippen molar-refractivity contribution < 1.29 is 22.0 Å². The van der Waals surface area contributed by atoms with Crippen LogP contribution in [0.15, 0.2) is 164 Å². The van der Waals surface area contributed by atoms with Gasteiger partial charge in [-0.1, -0.05) is 108 Å². The van der Waals surface area contributed by atoms with Crippen molar-refractivity contribution in [3.63, 3.8) is 0 Å². The molecular formula is C51H33F5N2. The number of nitrogens with zero attached hydrogens (tertiary/aromatic N) is 2. The first-order chi connectivity index (χ1) is 28.0. The van der Waals surface area contributed by atoms with Crippen LogP contribution >= 0.6 is 0 Å². The second-order valence-electron chi connectivity index (χ2n) is 15.0. The number of rotatable bonds is 5. The fourth-order valence-electron chi connectivity index (χ4n) is 8.62. The van der Waals surface area contributed by atoms with Crippen LogP contribution in [0.3, 0.4) is 0 Å². The van der Waals surface area contributed by atoms with Gasteiger partial charge in [-0.05, 0) is 108 Å². The molecule has 8 aromatic carbocycles. The zero-order chi connectivity index (χ0) is 39.9. The van der Waals surface area contributed by atoms with Crippen LogP contribution in [-0.4, -0.2) is 9.13 Å². The molecule has 2 aromatic heterocycles. The number of halogens is 5. The molecule has 2 nitrogen and oxygen atoms in total. The number of benzene rings is 8. The number of para-hydroxylation sites is 2. The molecule has 0 N–H and O–H groups in total. The Bertz CT molecular complexity index is 3070. The summed E-state index contributed by atoms with van der Waals surface area (Å²) in [5, 5.41) is 3.08. The summed E-state index contributed by atoms with van der Waals surface area (Å²) in [6, 6.07) is 48.4. The zero-order valence-electron chi connectivity index (χ0n) is 31.4. The molecule has 0 aliphatic heterocycles. The quantitative estimate of drug-likeness (QED) is 0.154. The molecule has 0 radical (unpaired) electrons. The minimum atomic E-state index is -4.88. The highest BCUT2D eigenvalue weighted by atomic mass is 19.4. The molecule has 0 spiro atoms. The summed E-state index contributed by atoms with van der Waals surface area (Å²) < 4.78 is 81.9. The van der Waals surface area contributed by atoms with Crippen LogP contribution in [0.5, 0.6) is 0 Å². The summed E-state index contributed by atoms with van der Waals surface area (Å²) in [7, 11) is 0. The van der Waals surface area contributed by atoms with Gasteiger partial charge in [-0.3, -0.25) is 0 Å². The molecule has 0 bridgehead atoms. The van der Waals surface area contributed by atoms with Crippen LogP contribution in [-0.2, 0) is 6.18 Å². The van der Waals surface area contributed by atoms with E-state index in [1.54, 1.807) is 21.3 Å². The molecule has 10 rings (SSSR count). The maximum absolute atomic E-state index is 16.3. The number of aromatic nitrogens is 2. The van der Waals surface area contributed by atoms with Gasteiger partial charge in [0.1, 0.15) is 17.2 Å². The van der Waals surface area contributed by atoms with Gasteiger partial charge in [0, 0.05) is 27.6 Å². The van der Waals surface area contributed by atoms with E-state index in [0.29, 0.717) is 22.1 Å². The van der Waals surface area contributed by atoms with Crippen LogP contribution < -0.4 is 0 Å². The van der Waals surface area contributed by atoms with Crippen LogP contribution in [0.1, 0.15) is 16.7 Å². The number of hydrogen-bond donors (Lipinski definition) is 0. The summed E-state index contributed by atoms with van der Waals surface area (Å²) in [5.74, 6) is -1.67. The van der Waals surface area contributed by atoms with Gasteiger partial charge in [0.05, 0.1) is 33.4 Å². The van der Waals surface area contributed by atoms with E-state index in [1.807, 2.05) is 123 Å². The molecule has 0 saturated carbocycles. The lowest BCUT2D eigenvalue weighted by Crippen LogP contribution is -2.16. The molecule has 0 amide bonds. The Morgan fingerprint density at radius 3 is 1.22 bits per heavy atom. The third kappa shape index (κ3) is 5.85. The highest BCUT2D eigenvalue weighted by Crippen LogP contribution is 2.47. The Morgan fingerprint density at radius 1 is 0.362 bits per heavy atom. The minimum absolute atomic E-state index is 0.110. The maximum Gasteiger partial charge on any atom is 0.420 e. The van der Waals surface area contributed by atoms with Gasteiger partial charge >= 0.3 is 6.18 Å². The summed E-state index contributed by atoms with van der Waals surface area (Å²) >= 11 is 0. The lowest BCUT2D eigenvalue weighted by Gasteiger charge is -2.23. The molecule has 7 heteroatoms. The summed E-state index contributed by atoms with van der Waals surface area (Å²) in [4.78, 5) is 0. The highest BCUT2D eigenvalue weighted by molar-refractivity contribution is 6.12. The average Bonchev–Trinajstić information content (AvgIpc) is 3.72. The largest absolute Gasteiger partial charge is 0.420 e. The molecule has 282 valence electrons. The molecule has 0 saturated heterocycles. The molecule has 0 unspecified atom stereocenters. The zero-order valence-corrected chi connectivity index (χ0v) is 31.4. The smallest absolute Gasteiger partial charge is 0.309 e. The van der Waals surface area contributed by atoms with E-state index in [1.165, 1.54) is 12.1 Å². The van der Waals surface area contributed by atoms with Gasteiger partial charge < -0.3 is 9.13 Å². The fraction of sp³-hybridized carbons (Fsp3) is 0.0588. The maximum atomic E-state index is 16.3. The standard InChI is InChI=1S/C51H33F5N2/c1-30-9-7-11-32(21-30)34-17-19-46-42(25-34)40-13-3-5-15-44(40)57(46)48-27-37(36-23-38(52)29-39(53)24-36)28-49(50(48)51(54,55)56)58-45-16-6-4-14-41(45)43-26-35(18-20-47(43)58)33-12-8-10-31(2)22-33/h3-29H,1-2H3. The number of fused-ring (bicyclic) bond motifs is 6. The summed E-state index contributed by atoms with van der Waals surface area (Å²) in [6.45, 7) is 4.03. The van der Waals surface area contributed by atoms with Crippen molar-refractivity contribution >= 4 is 43.6 Å². The molecule has 0 aliphatic carbocycles. The Morgan fingerprint density at radius 2 is 0.776 bits per heavy atom. The monoisotopic (exact) mass is 768 g/mol. The second kappa shape index (κ2) is 13.3. The Labute approximate surface area is 330 Å². The Hall–Kier alpha value is -6.99. The molecular weight excluding hydrogens is 736 g/mol. The van der Waals surface area contributed by atoms with Crippen molar-refractivity contribution in [2.45, 2.75) is 20.0 Å². The van der Waals surface area contributed by atoms with Gasteiger partial charge in [0.2, 0.25) is 0 Å². The summed E-state index contributed by atoms with van der Waals surface area (Å²) in [6.07, 6.45) is -4.88. The third-order valence-corrected chi connectivity index (χ3v) is 11.1. The van der Waals surface area contributed by atoms with Crippen LogP contribution in [0, 0.1) is 25.5 Å². The van der Waals surface area contributed by atoms with Crippen molar-refractivity contribution in [1.82, 2.24) is 9.13 Å². The van der Waals surface area contributed by atoms with E-state index in [9.17, 15) is 8.78 Å². The fourth-order valence-corrected chi connectivity index (χ4v) is 8.62. The minimum Gasteiger partial charge on any atom is -0.309 e. The first-order valence-electron chi connectivity index (χ1n) is 18.9. The topological polar surface area (TPSA) is 9.86 Å². The molecule has 0 fully saturated rings. The predicted octanol–water partition coefficient (Wildman–Crippen LogP) is 14.8. The third-order valence-electron chi connectivity index (χ3n) is 11.1. The normalized spacial score (nSPS) is 12.1. The number of hydrogen-bond acceptors (Lipinski definition) is 0. The van der Waals surface area contributed by atoms with E-state index >= 15 is 13.2 Å². The van der Waals surface area contributed by atoms with Gasteiger partial charge in [0.25, 0.3) is 0 Å². The van der Waals surface area contributed by atoms with Gasteiger partial charge in [-0.25, -0.2) is 8.78 Å². The molecule has 10 aromatic rings. The lowest BCUT2D eigenvalue weighted by molar-refractivity contribution is -0.137. The van der Waals surface area contributed by atoms with E-state index < -0.39 is 23.4 Å². The van der Waals surface area contributed by atoms with Crippen LogP contribution in [0.25, 0.3) is 88.4 Å². The van der Waals surface area contributed by atoms with Crippen molar-refractivity contribution in [2.75, 3.05) is 0 Å². The van der Waals surface area contributed by atoms with Crippen molar-refractivity contribution in [2.24, 2.45) is 0 Å². The highest BCUT2D eigenvalue weighted by Gasteiger charge is 2.39. The van der Waals surface area contributed by atoms with Crippen LogP contribution in [0.4, 0.5) is 22.0 Å². The van der Waals surface area contributed by atoms with Crippen molar-refractivity contribution in [1.29, 1.82) is 0 Å². The van der Waals surface area contributed by atoms with Gasteiger partial charge in [-0.2, -0.15) is 13.2 Å². The van der Waals surface area contributed by atoms with Crippen molar-refractivity contribution in [3.05, 3.63) is 192 Å². The number of alkyl halides is 3. The average molecular weight is 769 g/mol. The molecule has 58 heavy (non-hydrogen) atoms. The van der Waals surface area contributed by atoms with Crippen molar-refractivity contribution in [3.8, 4) is 44.8 Å². The Balaban J connectivity index is 1.33. The van der Waals surface area contributed by atoms with Crippen LogP contribution in [0.2, 0.25) is 0 Å². The lowest BCUT2D eigenvalue weighted by atomic mass is 9.98. The number of aryl methyl sites for hydroxylation is 2. The predicted molar refractivity (Wildman–Crippen MR) is 226 cm³/mol. The SMILES string of the molecule is Cc1cccc(-c2ccc3c(c2)c2ccccc2n3-c2cc(-c3cc(F)cc(F)c3)cc(-n3c4ccccc4c4cc(-c5cccc(C)c5)ccc43)c2C(F)(F)F)c1. The van der Waals surface area contributed by atoms with Gasteiger partial charge in [0.15, 0.2) is 0 Å². The first kappa shape index (κ1) is 35.4. The first-order valence-corrected chi connectivity index (χ1v) is 18.9. The molecule has 0 atom stereocenters. The molecule has 0 aliphatic rings. The Kier molecular flexibility index (Phi) is 8.13.